The highest BCUT2D eigenvalue weighted by Gasteiger charge is 2.27. The van der Waals surface area contributed by atoms with Crippen LogP contribution < -0.4 is 5.32 Å². The van der Waals surface area contributed by atoms with Crippen LogP contribution in [0.4, 0.5) is 0 Å². The molecular weight excluding hydrogens is 330 g/mol. The Balaban J connectivity index is 1.55. The zero-order valence-corrected chi connectivity index (χ0v) is 14.2. The molecule has 0 spiro atoms. The number of hydrogen-bond donors (Lipinski definition) is 1. The van der Waals surface area contributed by atoms with E-state index in [0.717, 1.165) is 24.1 Å². The van der Waals surface area contributed by atoms with Gasteiger partial charge in [0, 0.05) is 17.3 Å². The standard InChI is InChI=1S/C16H15N3O2S2/c1-9-14(15(19-21-9)12-3-2-6-22-12)16(20)18-10-4-5-11-13(7-10)23-8-17-11/h2-3,6,8,10H,4-5,7H2,1H3,(H,18,20)/t10-/m0/s1. The number of thiazole rings is 1. The van der Waals surface area contributed by atoms with E-state index >= 15 is 0 Å². The van der Waals surface area contributed by atoms with Crippen LogP contribution in [0.5, 0.6) is 0 Å². The first-order valence-electron chi connectivity index (χ1n) is 7.44. The number of hydrogen-bond acceptors (Lipinski definition) is 6. The third-order valence-corrected chi connectivity index (χ3v) is 5.84. The lowest BCUT2D eigenvalue weighted by Crippen LogP contribution is -2.38. The normalized spacial score (nSPS) is 17.0. The maximum absolute atomic E-state index is 12.7. The van der Waals surface area contributed by atoms with E-state index in [9.17, 15) is 4.79 Å². The molecule has 0 radical (unpaired) electrons. The summed E-state index contributed by atoms with van der Waals surface area (Å²) in [6.07, 6.45) is 2.69. The van der Waals surface area contributed by atoms with Crippen molar-refractivity contribution in [3.8, 4) is 10.6 Å². The number of aromatic nitrogens is 2. The molecule has 1 aliphatic rings. The summed E-state index contributed by atoms with van der Waals surface area (Å²) in [5.41, 5.74) is 4.24. The Morgan fingerprint density at radius 1 is 1.43 bits per heavy atom. The maximum atomic E-state index is 12.7. The van der Waals surface area contributed by atoms with E-state index in [-0.39, 0.29) is 11.9 Å². The Hall–Kier alpha value is -1.99. The average Bonchev–Trinajstić information content (AvgIpc) is 3.26. The van der Waals surface area contributed by atoms with Crippen LogP contribution in [-0.4, -0.2) is 22.1 Å². The summed E-state index contributed by atoms with van der Waals surface area (Å²) >= 11 is 3.22. The minimum absolute atomic E-state index is 0.106. The molecule has 3 aromatic heterocycles. The molecule has 0 aromatic carbocycles. The minimum Gasteiger partial charge on any atom is -0.360 e. The number of nitrogens with zero attached hydrogens (tertiary/aromatic N) is 2. The first kappa shape index (κ1) is 14.6. The molecule has 3 aromatic rings. The fraction of sp³-hybridized carbons (Fsp3) is 0.312. The summed E-state index contributed by atoms with van der Waals surface area (Å²) in [5.74, 6) is 0.449. The summed E-state index contributed by atoms with van der Waals surface area (Å²) in [7, 11) is 0. The summed E-state index contributed by atoms with van der Waals surface area (Å²) < 4.78 is 5.26. The molecule has 23 heavy (non-hydrogen) atoms. The van der Waals surface area contributed by atoms with Crippen molar-refractivity contribution in [1.29, 1.82) is 0 Å². The highest BCUT2D eigenvalue weighted by Crippen LogP contribution is 2.29. The van der Waals surface area contributed by atoms with Gasteiger partial charge in [0.05, 0.1) is 16.1 Å². The molecule has 1 N–H and O–H groups in total. The summed E-state index contributed by atoms with van der Waals surface area (Å²) in [6, 6.07) is 4.03. The van der Waals surface area contributed by atoms with Crippen molar-refractivity contribution < 1.29 is 9.32 Å². The second-order valence-electron chi connectivity index (χ2n) is 5.58. The Morgan fingerprint density at radius 3 is 3.17 bits per heavy atom. The molecule has 1 amide bonds. The van der Waals surface area contributed by atoms with Crippen molar-refractivity contribution in [2.24, 2.45) is 0 Å². The molecule has 0 aliphatic heterocycles. The van der Waals surface area contributed by atoms with Gasteiger partial charge in [-0.15, -0.1) is 22.7 Å². The molecule has 1 aliphatic carbocycles. The van der Waals surface area contributed by atoms with Gasteiger partial charge in [-0.3, -0.25) is 4.79 Å². The van der Waals surface area contributed by atoms with E-state index in [0.29, 0.717) is 17.0 Å². The van der Waals surface area contributed by atoms with E-state index in [2.05, 4.69) is 15.5 Å². The number of aryl methyl sites for hydroxylation is 2. The van der Waals surface area contributed by atoms with Crippen LogP contribution in [0, 0.1) is 6.92 Å². The molecule has 118 valence electrons. The monoisotopic (exact) mass is 345 g/mol. The molecule has 0 saturated heterocycles. The number of carbonyl (C=O) groups is 1. The van der Waals surface area contributed by atoms with Gasteiger partial charge < -0.3 is 9.84 Å². The van der Waals surface area contributed by atoms with Gasteiger partial charge in [-0.1, -0.05) is 11.2 Å². The first-order chi connectivity index (χ1) is 11.2. The Bertz CT molecular complexity index is 836. The average molecular weight is 345 g/mol. The van der Waals surface area contributed by atoms with Crippen LogP contribution in [0.25, 0.3) is 10.6 Å². The zero-order chi connectivity index (χ0) is 15.8. The van der Waals surface area contributed by atoms with Crippen molar-refractivity contribution in [3.05, 3.63) is 44.9 Å². The number of amides is 1. The van der Waals surface area contributed by atoms with Gasteiger partial charge in [-0.2, -0.15) is 0 Å². The first-order valence-corrected chi connectivity index (χ1v) is 9.20. The SMILES string of the molecule is Cc1onc(-c2cccs2)c1C(=O)N[C@H]1CCc2ncsc2C1. The predicted octanol–water partition coefficient (Wildman–Crippen LogP) is 3.46. The zero-order valence-electron chi connectivity index (χ0n) is 12.5. The third-order valence-electron chi connectivity index (χ3n) is 4.07. The van der Waals surface area contributed by atoms with Crippen LogP contribution >= 0.6 is 22.7 Å². The van der Waals surface area contributed by atoms with E-state index < -0.39 is 0 Å². The minimum atomic E-state index is -0.106. The van der Waals surface area contributed by atoms with Gasteiger partial charge in [0.25, 0.3) is 5.91 Å². The van der Waals surface area contributed by atoms with Gasteiger partial charge in [0.2, 0.25) is 0 Å². The molecule has 4 rings (SSSR count). The van der Waals surface area contributed by atoms with Crippen LogP contribution in [-0.2, 0) is 12.8 Å². The predicted molar refractivity (Wildman–Crippen MR) is 89.9 cm³/mol. The summed E-state index contributed by atoms with van der Waals surface area (Å²) in [5, 5.41) is 9.17. The molecule has 3 heterocycles. The van der Waals surface area contributed by atoms with Crippen molar-refractivity contribution in [2.75, 3.05) is 0 Å². The van der Waals surface area contributed by atoms with Gasteiger partial charge >= 0.3 is 0 Å². The molecular formula is C16H15N3O2S2. The molecule has 7 heteroatoms. The van der Waals surface area contributed by atoms with Crippen LogP contribution in [0.1, 0.15) is 33.1 Å². The van der Waals surface area contributed by atoms with E-state index in [1.807, 2.05) is 23.0 Å². The molecule has 1 atom stereocenters. The second-order valence-corrected chi connectivity index (χ2v) is 7.46. The Kier molecular flexibility index (Phi) is 3.74. The van der Waals surface area contributed by atoms with E-state index in [1.165, 1.54) is 10.6 Å². The number of carbonyl (C=O) groups excluding carboxylic acids is 1. The lowest BCUT2D eigenvalue weighted by molar-refractivity contribution is 0.0933. The molecule has 0 bridgehead atoms. The van der Waals surface area contributed by atoms with Gasteiger partial charge in [-0.05, 0) is 31.2 Å². The fourth-order valence-corrected chi connectivity index (χ4v) is 4.51. The quantitative estimate of drug-likeness (QED) is 0.789. The smallest absolute Gasteiger partial charge is 0.257 e. The fourth-order valence-electron chi connectivity index (χ4n) is 2.90. The van der Waals surface area contributed by atoms with Gasteiger partial charge in [0.1, 0.15) is 17.0 Å². The van der Waals surface area contributed by atoms with Crippen molar-refractivity contribution in [1.82, 2.24) is 15.5 Å². The lowest BCUT2D eigenvalue weighted by atomic mass is 9.97. The van der Waals surface area contributed by atoms with Gasteiger partial charge in [0.15, 0.2) is 0 Å². The number of thiophene rings is 1. The summed E-state index contributed by atoms with van der Waals surface area (Å²) in [6.45, 7) is 1.78. The summed E-state index contributed by atoms with van der Waals surface area (Å²) in [4.78, 5) is 19.3. The van der Waals surface area contributed by atoms with Crippen LogP contribution in [0.15, 0.2) is 27.5 Å². The molecule has 0 fully saturated rings. The van der Waals surface area contributed by atoms with Crippen molar-refractivity contribution in [3.63, 3.8) is 0 Å². The highest BCUT2D eigenvalue weighted by atomic mass is 32.1. The maximum Gasteiger partial charge on any atom is 0.257 e. The number of rotatable bonds is 3. The van der Waals surface area contributed by atoms with Gasteiger partial charge in [-0.25, -0.2) is 4.98 Å². The number of nitrogens with one attached hydrogen (secondary N) is 1. The highest BCUT2D eigenvalue weighted by molar-refractivity contribution is 7.13. The molecule has 0 unspecified atom stereocenters. The van der Waals surface area contributed by atoms with E-state index in [1.54, 1.807) is 29.6 Å². The second kappa shape index (κ2) is 5.90. The van der Waals surface area contributed by atoms with E-state index in [4.69, 9.17) is 4.52 Å². The largest absolute Gasteiger partial charge is 0.360 e. The molecule has 5 nitrogen and oxygen atoms in total. The third kappa shape index (κ3) is 2.70. The Morgan fingerprint density at radius 2 is 2.35 bits per heavy atom. The van der Waals surface area contributed by atoms with Crippen molar-refractivity contribution in [2.45, 2.75) is 32.2 Å². The number of fused-ring (bicyclic) bond motifs is 1. The molecule has 0 saturated carbocycles. The van der Waals surface area contributed by atoms with Crippen LogP contribution in [0.3, 0.4) is 0 Å². The topological polar surface area (TPSA) is 68.0 Å². The Labute approximate surface area is 141 Å². The van der Waals surface area contributed by atoms with Crippen molar-refractivity contribution >= 4 is 28.6 Å². The lowest BCUT2D eigenvalue weighted by Gasteiger charge is -2.22. The van der Waals surface area contributed by atoms with Crippen LogP contribution in [0.2, 0.25) is 0 Å².